The summed E-state index contributed by atoms with van der Waals surface area (Å²) < 4.78 is 9.67. The van der Waals surface area contributed by atoms with Crippen LogP contribution in [0.3, 0.4) is 0 Å². The summed E-state index contributed by atoms with van der Waals surface area (Å²) in [5.74, 6) is -0.0209. The number of carbonyl (C=O) groups excluding carboxylic acids is 2. The first kappa shape index (κ1) is 26.1. The van der Waals surface area contributed by atoms with Crippen molar-refractivity contribution in [2.24, 2.45) is 5.92 Å². The molecule has 2 atom stereocenters. The molecule has 0 aromatic rings. The molecule has 0 fully saturated rings. The van der Waals surface area contributed by atoms with Crippen molar-refractivity contribution in [3.8, 4) is 0 Å². The predicted octanol–water partition coefficient (Wildman–Crippen LogP) is 4.90. The Balaban J connectivity index is 3.75. The van der Waals surface area contributed by atoms with Gasteiger partial charge in [-0.25, -0.2) is 0 Å². The summed E-state index contributed by atoms with van der Waals surface area (Å²) in [6.07, 6.45) is 14.6. The van der Waals surface area contributed by atoms with E-state index in [1.165, 1.54) is 12.7 Å². The van der Waals surface area contributed by atoms with Gasteiger partial charge in [-0.2, -0.15) is 0 Å². The van der Waals surface area contributed by atoms with Crippen molar-refractivity contribution in [2.75, 3.05) is 13.7 Å². The van der Waals surface area contributed by atoms with Crippen LogP contribution in [-0.4, -0.2) is 36.9 Å². The summed E-state index contributed by atoms with van der Waals surface area (Å²) in [7, 11) is 1.35. The van der Waals surface area contributed by atoms with Crippen LogP contribution in [0.5, 0.6) is 0 Å². The number of esters is 2. The molecule has 0 aliphatic carbocycles. The number of rotatable bonds is 15. The Labute approximate surface area is 170 Å². The molecule has 0 aromatic heterocycles. The third kappa shape index (κ3) is 17.5. The van der Waals surface area contributed by atoms with Gasteiger partial charge in [0.1, 0.15) is 0 Å². The lowest BCUT2D eigenvalue weighted by Gasteiger charge is -2.12. The molecule has 0 aliphatic heterocycles. The molecule has 1 N–H and O–H groups in total. The van der Waals surface area contributed by atoms with E-state index >= 15 is 0 Å². The molecule has 5 heteroatoms. The number of aliphatic hydroxyl groups excluding tert-OH is 1. The minimum Gasteiger partial charge on any atom is -0.469 e. The molecule has 0 spiro atoms. The second-order valence-electron chi connectivity index (χ2n) is 7.37. The maximum absolute atomic E-state index is 11.5. The van der Waals surface area contributed by atoms with Crippen LogP contribution < -0.4 is 0 Å². The highest BCUT2D eigenvalue weighted by atomic mass is 16.5. The zero-order valence-corrected chi connectivity index (χ0v) is 18.0. The lowest BCUT2D eigenvalue weighted by atomic mass is 9.97. The van der Waals surface area contributed by atoms with Crippen molar-refractivity contribution in [1.29, 1.82) is 0 Å². The van der Waals surface area contributed by atoms with Gasteiger partial charge in [-0.1, -0.05) is 42.9 Å². The molecule has 0 rings (SSSR count). The smallest absolute Gasteiger partial charge is 0.305 e. The summed E-state index contributed by atoms with van der Waals surface area (Å²) in [4.78, 5) is 22.5. The Morgan fingerprint density at radius 3 is 2.36 bits per heavy atom. The summed E-state index contributed by atoms with van der Waals surface area (Å²) >= 11 is 0. The van der Waals surface area contributed by atoms with Gasteiger partial charge in [0.05, 0.1) is 19.8 Å². The number of ether oxygens (including phenoxy) is 2. The maximum atomic E-state index is 11.5. The number of unbranched alkanes of at least 4 members (excludes halogenated alkanes) is 1. The number of aliphatic hydroxyl groups is 1. The summed E-state index contributed by atoms with van der Waals surface area (Å²) in [5, 5.41) is 10.0. The van der Waals surface area contributed by atoms with E-state index in [-0.39, 0.29) is 11.9 Å². The maximum Gasteiger partial charge on any atom is 0.305 e. The largest absolute Gasteiger partial charge is 0.469 e. The average molecular weight is 395 g/mol. The molecule has 0 bridgehead atoms. The molecular formula is C23H38O5. The van der Waals surface area contributed by atoms with Crippen LogP contribution in [0.2, 0.25) is 0 Å². The molecule has 0 unspecified atom stereocenters. The minimum absolute atomic E-state index is 0.244. The number of allylic oxidation sites excluding steroid dienone is 4. The van der Waals surface area contributed by atoms with Gasteiger partial charge in [0.25, 0.3) is 0 Å². The second kappa shape index (κ2) is 17.2. The zero-order chi connectivity index (χ0) is 21.2. The fourth-order valence-corrected chi connectivity index (χ4v) is 2.59. The molecule has 5 nitrogen and oxygen atoms in total. The van der Waals surface area contributed by atoms with Gasteiger partial charge in [-0.3, -0.25) is 9.59 Å². The van der Waals surface area contributed by atoms with Gasteiger partial charge >= 0.3 is 11.9 Å². The lowest BCUT2D eigenvalue weighted by molar-refractivity contribution is -0.144. The Morgan fingerprint density at radius 1 is 1.04 bits per heavy atom. The van der Waals surface area contributed by atoms with Crippen molar-refractivity contribution >= 4 is 11.9 Å². The third-order valence-corrected chi connectivity index (χ3v) is 4.22. The molecule has 0 saturated carbocycles. The van der Waals surface area contributed by atoms with E-state index in [1.54, 1.807) is 6.08 Å². The molecule has 28 heavy (non-hydrogen) atoms. The average Bonchev–Trinajstić information content (AvgIpc) is 2.63. The minimum atomic E-state index is -0.436. The standard InChI is InChI=1S/C23H38O5/c1-19(2)12-11-13-20(3)18-21(24)14-7-5-6-10-17-28-23(26)16-9-8-15-22(25)27-4/h5-7,12,14,20-21,24H,8-11,13,15-18H2,1-4H3/b6-5-,14-7+/t20-,21-/m1/s1. The number of hydrogen-bond donors (Lipinski definition) is 1. The van der Waals surface area contributed by atoms with E-state index in [0.29, 0.717) is 44.6 Å². The van der Waals surface area contributed by atoms with Crippen LogP contribution in [0.25, 0.3) is 0 Å². The van der Waals surface area contributed by atoms with E-state index in [2.05, 4.69) is 31.6 Å². The van der Waals surface area contributed by atoms with Crippen molar-refractivity contribution in [2.45, 2.75) is 78.2 Å². The first-order chi connectivity index (χ1) is 13.3. The molecule has 0 aliphatic rings. The van der Waals surface area contributed by atoms with Crippen molar-refractivity contribution in [3.05, 3.63) is 36.0 Å². The number of carbonyl (C=O) groups is 2. The van der Waals surface area contributed by atoms with Crippen LogP contribution in [0.4, 0.5) is 0 Å². The molecule has 0 saturated heterocycles. The van der Waals surface area contributed by atoms with Gasteiger partial charge in [0.15, 0.2) is 0 Å². The quantitative estimate of drug-likeness (QED) is 0.185. The number of hydrogen-bond acceptors (Lipinski definition) is 5. The first-order valence-corrected chi connectivity index (χ1v) is 10.2. The van der Waals surface area contributed by atoms with Gasteiger partial charge in [-0.15, -0.1) is 0 Å². The Hall–Kier alpha value is -1.88. The highest BCUT2D eigenvalue weighted by Crippen LogP contribution is 2.14. The van der Waals surface area contributed by atoms with E-state index < -0.39 is 6.10 Å². The van der Waals surface area contributed by atoms with Crippen LogP contribution in [-0.2, 0) is 19.1 Å². The number of methoxy groups -OCH3 is 1. The molecule has 0 amide bonds. The Kier molecular flexibility index (Phi) is 16.1. The molecule has 160 valence electrons. The summed E-state index contributed by atoms with van der Waals surface area (Å²) in [6.45, 7) is 6.70. The van der Waals surface area contributed by atoms with E-state index in [9.17, 15) is 14.7 Å². The summed E-state index contributed by atoms with van der Waals surface area (Å²) in [5.41, 5.74) is 1.34. The Bertz CT molecular complexity index is 515. The van der Waals surface area contributed by atoms with Crippen molar-refractivity contribution < 1.29 is 24.2 Å². The van der Waals surface area contributed by atoms with Gasteiger partial charge < -0.3 is 14.6 Å². The van der Waals surface area contributed by atoms with Crippen molar-refractivity contribution in [1.82, 2.24) is 0 Å². The zero-order valence-electron chi connectivity index (χ0n) is 18.0. The third-order valence-electron chi connectivity index (χ3n) is 4.22. The van der Waals surface area contributed by atoms with Gasteiger partial charge in [-0.05, 0) is 58.3 Å². The molecule has 0 aromatic carbocycles. The molecule has 0 radical (unpaired) electrons. The van der Waals surface area contributed by atoms with E-state index in [1.807, 2.05) is 18.2 Å². The highest BCUT2D eigenvalue weighted by Gasteiger charge is 2.07. The highest BCUT2D eigenvalue weighted by molar-refractivity contribution is 5.70. The van der Waals surface area contributed by atoms with Crippen LogP contribution in [0, 0.1) is 5.92 Å². The predicted molar refractivity (Wildman–Crippen MR) is 113 cm³/mol. The second-order valence-corrected chi connectivity index (χ2v) is 7.37. The lowest BCUT2D eigenvalue weighted by Crippen LogP contribution is -2.08. The van der Waals surface area contributed by atoms with Gasteiger partial charge in [0, 0.05) is 12.8 Å². The van der Waals surface area contributed by atoms with Gasteiger partial charge in [0.2, 0.25) is 0 Å². The van der Waals surface area contributed by atoms with Crippen LogP contribution >= 0.6 is 0 Å². The van der Waals surface area contributed by atoms with Crippen molar-refractivity contribution in [3.63, 3.8) is 0 Å². The monoisotopic (exact) mass is 394 g/mol. The van der Waals surface area contributed by atoms with E-state index in [0.717, 1.165) is 19.3 Å². The molecular weight excluding hydrogens is 356 g/mol. The topological polar surface area (TPSA) is 72.8 Å². The molecule has 0 heterocycles. The SMILES string of the molecule is COC(=O)CCCCC(=O)OCC/C=C\C=C\[C@@H](O)C[C@H](C)CCC=C(C)C. The first-order valence-electron chi connectivity index (χ1n) is 10.2. The summed E-state index contributed by atoms with van der Waals surface area (Å²) in [6, 6.07) is 0. The fraction of sp³-hybridized carbons (Fsp3) is 0.652. The fourth-order valence-electron chi connectivity index (χ4n) is 2.59. The Morgan fingerprint density at radius 2 is 1.71 bits per heavy atom. The van der Waals surface area contributed by atoms with E-state index in [4.69, 9.17) is 4.74 Å². The van der Waals surface area contributed by atoms with Crippen LogP contribution in [0.1, 0.15) is 72.1 Å². The normalized spacial score (nSPS) is 13.5. The van der Waals surface area contributed by atoms with Crippen LogP contribution in [0.15, 0.2) is 36.0 Å².